The number of nitrogens with zero attached hydrogens (tertiary/aromatic N) is 4. The lowest BCUT2D eigenvalue weighted by Crippen LogP contribution is -2.48. The summed E-state index contributed by atoms with van der Waals surface area (Å²) in [6, 6.07) is 14.3. The fourth-order valence-corrected chi connectivity index (χ4v) is 3.83. The van der Waals surface area contributed by atoms with E-state index in [1.165, 1.54) is 5.56 Å². The Morgan fingerprint density at radius 1 is 1.08 bits per heavy atom. The first-order valence-corrected chi connectivity index (χ1v) is 9.61. The van der Waals surface area contributed by atoms with Gasteiger partial charge in [-0.2, -0.15) is 0 Å². The first-order chi connectivity index (χ1) is 12.6. The van der Waals surface area contributed by atoms with E-state index in [-0.39, 0.29) is 5.91 Å². The molecule has 0 atom stereocenters. The minimum Gasteiger partial charge on any atom is -0.335 e. The van der Waals surface area contributed by atoms with Crippen LogP contribution in [0.4, 0.5) is 0 Å². The van der Waals surface area contributed by atoms with Crippen molar-refractivity contribution in [1.82, 2.24) is 19.2 Å². The monoisotopic (exact) mass is 412 g/mol. The average molecular weight is 413 g/mol. The summed E-state index contributed by atoms with van der Waals surface area (Å²) in [4.78, 5) is 22.0. The van der Waals surface area contributed by atoms with Gasteiger partial charge in [0.1, 0.15) is 11.3 Å². The number of carbonyl (C=O) groups excluding carboxylic acids is 1. The summed E-state index contributed by atoms with van der Waals surface area (Å²) in [5, 5.41) is 0. The third-order valence-corrected chi connectivity index (χ3v) is 5.34. The number of amides is 1. The van der Waals surface area contributed by atoms with E-state index in [2.05, 4.69) is 50.1 Å². The number of benzene rings is 1. The molecule has 6 heteroatoms. The van der Waals surface area contributed by atoms with E-state index < -0.39 is 0 Å². The molecule has 1 fully saturated rings. The molecule has 1 saturated heterocycles. The zero-order valence-corrected chi connectivity index (χ0v) is 16.3. The van der Waals surface area contributed by atoms with E-state index in [1.807, 2.05) is 40.6 Å². The Kier molecular flexibility index (Phi) is 4.78. The number of rotatable bonds is 3. The average Bonchev–Trinajstić information content (AvgIpc) is 2.97. The van der Waals surface area contributed by atoms with Crippen molar-refractivity contribution in [3.05, 3.63) is 70.1 Å². The minimum absolute atomic E-state index is 0.0625. The van der Waals surface area contributed by atoms with Crippen molar-refractivity contribution >= 4 is 27.5 Å². The fraction of sp³-hybridized carbons (Fsp3) is 0.300. The maximum atomic E-state index is 13.1. The molecule has 0 N–H and O–H groups in total. The molecule has 0 radical (unpaired) electrons. The second kappa shape index (κ2) is 7.21. The van der Waals surface area contributed by atoms with E-state index in [0.29, 0.717) is 5.69 Å². The highest BCUT2D eigenvalue weighted by molar-refractivity contribution is 9.10. The van der Waals surface area contributed by atoms with Crippen LogP contribution in [0.2, 0.25) is 0 Å². The highest BCUT2D eigenvalue weighted by Gasteiger charge is 2.26. The summed E-state index contributed by atoms with van der Waals surface area (Å²) in [5.41, 5.74) is 3.56. The molecule has 1 amide bonds. The van der Waals surface area contributed by atoms with Crippen LogP contribution in [-0.4, -0.2) is 51.3 Å². The summed E-state index contributed by atoms with van der Waals surface area (Å²) < 4.78 is 2.82. The second-order valence-electron chi connectivity index (χ2n) is 6.68. The zero-order valence-electron chi connectivity index (χ0n) is 14.7. The van der Waals surface area contributed by atoms with Gasteiger partial charge >= 0.3 is 0 Å². The lowest BCUT2D eigenvalue weighted by atomic mass is 10.2. The normalized spacial score (nSPS) is 15.5. The summed E-state index contributed by atoms with van der Waals surface area (Å²) >= 11 is 3.48. The van der Waals surface area contributed by atoms with Gasteiger partial charge < -0.3 is 4.90 Å². The Morgan fingerprint density at radius 3 is 2.54 bits per heavy atom. The standard InChI is InChI=1S/C20H21BrN4O/c1-15-19(25-14-17(21)7-8-18(25)22-15)20(26)24-11-9-23(10-12-24)13-16-5-3-2-4-6-16/h2-8,14H,9-13H2,1H3. The number of pyridine rings is 1. The lowest BCUT2D eigenvalue weighted by molar-refractivity contribution is 0.0621. The van der Waals surface area contributed by atoms with E-state index >= 15 is 0 Å². The number of carbonyl (C=O) groups is 1. The molecule has 2 aromatic heterocycles. The molecule has 4 rings (SSSR count). The van der Waals surface area contributed by atoms with Gasteiger partial charge in [-0.1, -0.05) is 30.3 Å². The van der Waals surface area contributed by atoms with Gasteiger partial charge in [-0.3, -0.25) is 14.1 Å². The highest BCUT2D eigenvalue weighted by atomic mass is 79.9. The third-order valence-electron chi connectivity index (χ3n) is 4.87. The Bertz CT molecular complexity index is 930. The van der Waals surface area contributed by atoms with Crippen molar-refractivity contribution in [1.29, 1.82) is 0 Å². The van der Waals surface area contributed by atoms with Crippen molar-refractivity contribution in [3.63, 3.8) is 0 Å². The first-order valence-electron chi connectivity index (χ1n) is 8.81. The van der Waals surface area contributed by atoms with Crippen LogP contribution >= 0.6 is 15.9 Å². The lowest BCUT2D eigenvalue weighted by Gasteiger charge is -2.34. The molecule has 26 heavy (non-hydrogen) atoms. The molecular formula is C20H21BrN4O. The van der Waals surface area contributed by atoms with Crippen LogP contribution in [-0.2, 0) is 6.54 Å². The number of halogens is 1. The number of aromatic nitrogens is 2. The van der Waals surface area contributed by atoms with E-state index in [9.17, 15) is 4.79 Å². The van der Waals surface area contributed by atoms with E-state index in [1.54, 1.807) is 0 Å². The molecule has 0 unspecified atom stereocenters. The molecule has 0 spiro atoms. The van der Waals surface area contributed by atoms with Crippen LogP contribution in [0.3, 0.4) is 0 Å². The molecule has 5 nitrogen and oxygen atoms in total. The summed E-state index contributed by atoms with van der Waals surface area (Å²) in [5.74, 6) is 0.0625. The van der Waals surface area contributed by atoms with Crippen molar-refractivity contribution in [3.8, 4) is 0 Å². The Balaban J connectivity index is 1.47. The molecular weight excluding hydrogens is 392 g/mol. The number of aryl methyl sites for hydroxylation is 1. The molecule has 1 aromatic carbocycles. The number of fused-ring (bicyclic) bond motifs is 1. The Hall–Kier alpha value is -2.18. The molecule has 0 saturated carbocycles. The Morgan fingerprint density at radius 2 is 1.81 bits per heavy atom. The van der Waals surface area contributed by atoms with Crippen LogP contribution in [0.25, 0.3) is 5.65 Å². The molecule has 1 aliphatic rings. The molecule has 1 aliphatic heterocycles. The summed E-state index contributed by atoms with van der Waals surface area (Å²) in [7, 11) is 0. The maximum absolute atomic E-state index is 13.1. The largest absolute Gasteiger partial charge is 0.335 e. The topological polar surface area (TPSA) is 40.9 Å². The van der Waals surface area contributed by atoms with Crippen LogP contribution in [0, 0.1) is 6.92 Å². The van der Waals surface area contributed by atoms with Gasteiger partial charge in [-0.25, -0.2) is 4.98 Å². The molecule has 0 bridgehead atoms. The third kappa shape index (κ3) is 3.39. The van der Waals surface area contributed by atoms with E-state index in [0.717, 1.165) is 48.5 Å². The minimum atomic E-state index is 0.0625. The summed E-state index contributed by atoms with van der Waals surface area (Å²) in [6.07, 6.45) is 1.91. The van der Waals surface area contributed by atoms with Gasteiger partial charge in [0, 0.05) is 43.4 Å². The second-order valence-corrected chi connectivity index (χ2v) is 7.59. The predicted octanol–water partition coefficient (Wildman–Crippen LogP) is 3.36. The molecule has 0 aliphatic carbocycles. The quantitative estimate of drug-likeness (QED) is 0.661. The van der Waals surface area contributed by atoms with Gasteiger partial charge in [0.05, 0.1) is 5.69 Å². The van der Waals surface area contributed by atoms with Crippen LogP contribution < -0.4 is 0 Å². The fourth-order valence-electron chi connectivity index (χ4n) is 3.49. The van der Waals surface area contributed by atoms with Crippen LogP contribution in [0.5, 0.6) is 0 Å². The van der Waals surface area contributed by atoms with Crippen molar-refractivity contribution in [2.45, 2.75) is 13.5 Å². The van der Waals surface area contributed by atoms with Crippen LogP contribution in [0.1, 0.15) is 21.7 Å². The van der Waals surface area contributed by atoms with Gasteiger partial charge in [0.25, 0.3) is 5.91 Å². The number of hydrogen-bond donors (Lipinski definition) is 0. The van der Waals surface area contributed by atoms with Gasteiger partial charge in [-0.15, -0.1) is 0 Å². The smallest absolute Gasteiger partial charge is 0.272 e. The molecule has 3 aromatic rings. The van der Waals surface area contributed by atoms with Crippen molar-refractivity contribution in [2.75, 3.05) is 26.2 Å². The van der Waals surface area contributed by atoms with Crippen LogP contribution in [0.15, 0.2) is 53.1 Å². The zero-order chi connectivity index (χ0) is 18.1. The predicted molar refractivity (Wildman–Crippen MR) is 105 cm³/mol. The van der Waals surface area contributed by atoms with E-state index in [4.69, 9.17) is 0 Å². The molecule has 134 valence electrons. The SMILES string of the molecule is Cc1nc2ccc(Br)cn2c1C(=O)N1CCN(Cc2ccccc2)CC1. The van der Waals surface area contributed by atoms with Gasteiger partial charge in [0.15, 0.2) is 0 Å². The Labute approximate surface area is 161 Å². The van der Waals surface area contributed by atoms with Gasteiger partial charge in [0.2, 0.25) is 0 Å². The number of piperazine rings is 1. The first kappa shape index (κ1) is 17.2. The van der Waals surface area contributed by atoms with Crippen molar-refractivity contribution < 1.29 is 4.79 Å². The highest BCUT2D eigenvalue weighted by Crippen LogP contribution is 2.19. The van der Waals surface area contributed by atoms with Gasteiger partial charge in [-0.05, 0) is 40.5 Å². The summed E-state index contributed by atoms with van der Waals surface area (Å²) in [6.45, 7) is 6.10. The number of imidazole rings is 1. The van der Waals surface area contributed by atoms with Crippen molar-refractivity contribution in [2.24, 2.45) is 0 Å². The maximum Gasteiger partial charge on any atom is 0.272 e. The molecule has 3 heterocycles. The number of hydrogen-bond acceptors (Lipinski definition) is 3.